The quantitative estimate of drug-likeness (QED) is 0.742. The second-order valence-corrected chi connectivity index (χ2v) is 5.44. The summed E-state index contributed by atoms with van der Waals surface area (Å²) in [5.41, 5.74) is 6.44. The number of ether oxygens (including phenoxy) is 1. The van der Waals surface area contributed by atoms with Crippen LogP contribution in [0.2, 0.25) is 0 Å². The molecule has 3 nitrogen and oxygen atoms in total. The molecule has 0 spiro atoms. The first kappa shape index (κ1) is 14.3. The predicted molar refractivity (Wildman–Crippen MR) is 82.7 cm³/mol. The molecule has 0 aliphatic heterocycles. The third-order valence-electron chi connectivity index (χ3n) is 3.36. The van der Waals surface area contributed by atoms with Crippen molar-refractivity contribution in [3.63, 3.8) is 0 Å². The fourth-order valence-corrected chi connectivity index (χ4v) is 2.34. The summed E-state index contributed by atoms with van der Waals surface area (Å²) in [6.07, 6.45) is 3.91. The minimum atomic E-state index is 0.425. The molecule has 0 atom stereocenters. The number of nitrogens with zero attached hydrogens (tertiary/aromatic N) is 1. The van der Waals surface area contributed by atoms with Gasteiger partial charge in [-0.2, -0.15) is 0 Å². The summed E-state index contributed by atoms with van der Waals surface area (Å²) in [6, 6.07) is 8.47. The first-order chi connectivity index (χ1) is 9.20. The molecule has 0 amide bonds. The fourth-order valence-electron chi connectivity index (χ4n) is 2.20. The lowest BCUT2D eigenvalue weighted by atomic mass is 10.2. The van der Waals surface area contributed by atoms with Gasteiger partial charge in [-0.1, -0.05) is 19.1 Å². The van der Waals surface area contributed by atoms with Gasteiger partial charge in [0.2, 0.25) is 0 Å². The van der Waals surface area contributed by atoms with Crippen molar-refractivity contribution < 1.29 is 4.74 Å². The van der Waals surface area contributed by atoms with Crippen LogP contribution >= 0.6 is 12.2 Å². The van der Waals surface area contributed by atoms with Crippen molar-refractivity contribution in [2.45, 2.75) is 32.2 Å². The normalized spacial score (nSPS) is 14.6. The second-order valence-electron chi connectivity index (χ2n) is 5.00. The summed E-state index contributed by atoms with van der Waals surface area (Å²) in [7, 11) is 0. The van der Waals surface area contributed by atoms with Gasteiger partial charge in [0.1, 0.15) is 17.3 Å². The Kier molecular flexibility index (Phi) is 5.16. The minimum absolute atomic E-state index is 0.425. The Balaban J connectivity index is 1.76. The van der Waals surface area contributed by atoms with E-state index in [4.69, 9.17) is 22.7 Å². The lowest BCUT2D eigenvalue weighted by Gasteiger charge is -2.21. The van der Waals surface area contributed by atoms with Crippen LogP contribution in [0.4, 0.5) is 0 Å². The van der Waals surface area contributed by atoms with Gasteiger partial charge in [-0.05, 0) is 50.1 Å². The highest BCUT2D eigenvalue weighted by Gasteiger charge is 2.27. The second kappa shape index (κ2) is 6.87. The summed E-state index contributed by atoms with van der Waals surface area (Å²) in [4.78, 5) is 2.96. The molecule has 1 aromatic carbocycles. The topological polar surface area (TPSA) is 38.5 Å². The fraction of sp³-hybridized carbons (Fsp3) is 0.533. The van der Waals surface area contributed by atoms with Gasteiger partial charge in [0.05, 0.1) is 0 Å². The smallest absolute Gasteiger partial charge is 0.119 e. The van der Waals surface area contributed by atoms with Crippen molar-refractivity contribution in [3.8, 4) is 5.75 Å². The molecule has 19 heavy (non-hydrogen) atoms. The maximum atomic E-state index is 5.77. The lowest BCUT2D eigenvalue weighted by Crippen LogP contribution is -2.31. The highest BCUT2D eigenvalue weighted by atomic mass is 32.1. The first-order valence-electron chi connectivity index (χ1n) is 6.97. The Hall–Kier alpha value is -1.13. The molecule has 0 bridgehead atoms. The zero-order valence-electron chi connectivity index (χ0n) is 11.5. The minimum Gasteiger partial charge on any atom is -0.492 e. The van der Waals surface area contributed by atoms with Gasteiger partial charge in [-0.15, -0.1) is 0 Å². The van der Waals surface area contributed by atoms with E-state index in [1.54, 1.807) is 0 Å². The van der Waals surface area contributed by atoms with E-state index in [0.29, 0.717) is 4.99 Å². The molecule has 0 heterocycles. The summed E-state index contributed by atoms with van der Waals surface area (Å²) in [5, 5.41) is 0. The van der Waals surface area contributed by atoms with E-state index in [9.17, 15) is 0 Å². The average Bonchev–Trinajstić information content (AvgIpc) is 3.22. The van der Waals surface area contributed by atoms with Crippen LogP contribution in [0.15, 0.2) is 24.3 Å². The van der Waals surface area contributed by atoms with Gasteiger partial charge in [-0.3, -0.25) is 4.90 Å². The highest BCUT2D eigenvalue weighted by molar-refractivity contribution is 7.80. The van der Waals surface area contributed by atoms with Gasteiger partial charge in [0, 0.05) is 18.2 Å². The zero-order valence-corrected chi connectivity index (χ0v) is 12.3. The Bertz CT molecular complexity index is 415. The number of hydrogen-bond acceptors (Lipinski definition) is 3. The molecular formula is C15H22N2OS. The number of hydrogen-bond donors (Lipinski definition) is 1. The largest absolute Gasteiger partial charge is 0.492 e. The van der Waals surface area contributed by atoms with E-state index < -0.39 is 0 Å². The van der Waals surface area contributed by atoms with Gasteiger partial charge in [-0.25, -0.2) is 0 Å². The van der Waals surface area contributed by atoms with Gasteiger partial charge < -0.3 is 10.5 Å². The van der Waals surface area contributed by atoms with E-state index in [-0.39, 0.29) is 0 Å². The van der Waals surface area contributed by atoms with Crippen LogP contribution in [0.1, 0.15) is 31.7 Å². The number of thiocarbonyl (C=S) groups is 1. The van der Waals surface area contributed by atoms with Crippen molar-refractivity contribution in [2.75, 3.05) is 19.7 Å². The third kappa shape index (κ3) is 4.48. The van der Waals surface area contributed by atoms with Crippen molar-refractivity contribution in [2.24, 2.45) is 5.73 Å². The summed E-state index contributed by atoms with van der Waals surface area (Å²) in [6.45, 7) is 5.15. The van der Waals surface area contributed by atoms with E-state index in [2.05, 4.69) is 11.8 Å². The van der Waals surface area contributed by atoms with Crippen LogP contribution < -0.4 is 10.5 Å². The first-order valence-corrected chi connectivity index (χ1v) is 7.38. The van der Waals surface area contributed by atoms with E-state index in [1.165, 1.54) is 25.8 Å². The Morgan fingerprint density at radius 1 is 1.32 bits per heavy atom. The molecule has 1 saturated carbocycles. The molecule has 0 unspecified atom stereocenters. The summed E-state index contributed by atoms with van der Waals surface area (Å²) in [5.74, 6) is 0.882. The molecule has 2 N–H and O–H groups in total. The Labute approximate surface area is 120 Å². The maximum Gasteiger partial charge on any atom is 0.119 e. The molecule has 0 radical (unpaired) electrons. The lowest BCUT2D eigenvalue weighted by molar-refractivity contribution is 0.202. The molecule has 0 saturated heterocycles. The summed E-state index contributed by atoms with van der Waals surface area (Å²) < 4.78 is 5.77. The standard InChI is InChI=1S/C15H22N2OS/c1-2-9-17(13-5-6-13)10-11-18-14-7-3-12(4-8-14)15(16)19/h3-4,7-8,13H,2,5-6,9-11H2,1H3,(H2,16,19). The van der Waals surface area contributed by atoms with Gasteiger partial charge in [0.25, 0.3) is 0 Å². The molecule has 2 rings (SSSR count). The van der Waals surface area contributed by atoms with Crippen LogP contribution in [-0.2, 0) is 0 Å². The third-order valence-corrected chi connectivity index (χ3v) is 3.60. The average molecular weight is 278 g/mol. The van der Waals surface area contributed by atoms with Crippen molar-refractivity contribution in [3.05, 3.63) is 29.8 Å². The van der Waals surface area contributed by atoms with Crippen LogP contribution in [-0.4, -0.2) is 35.6 Å². The molecule has 104 valence electrons. The monoisotopic (exact) mass is 278 g/mol. The van der Waals surface area contributed by atoms with Gasteiger partial charge >= 0.3 is 0 Å². The molecule has 1 fully saturated rings. The van der Waals surface area contributed by atoms with Crippen LogP contribution in [0, 0.1) is 0 Å². The molecular weight excluding hydrogens is 256 g/mol. The van der Waals surface area contributed by atoms with E-state index >= 15 is 0 Å². The number of benzene rings is 1. The van der Waals surface area contributed by atoms with E-state index in [0.717, 1.165) is 30.5 Å². The maximum absolute atomic E-state index is 5.77. The van der Waals surface area contributed by atoms with Crippen molar-refractivity contribution in [1.29, 1.82) is 0 Å². The van der Waals surface area contributed by atoms with Crippen LogP contribution in [0.5, 0.6) is 5.75 Å². The van der Waals surface area contributed by atoms with Crippen molar-refractivity contribution in [1.82, 2.24) is 4.90 Å². The van der Waals surface area contributed by atoms with E-state index in [1.807, 2.05) is 24.3 Å². The number of nitrogens with two attached hydrogens (primary N) is 1. The predicted octanol–water partition coefficient (Wildman–Crippen LogP) is 2.57. The van der Waals surface area contributed by atoms with Crippen LogP contribution in [0.25, 0.3) is 0 Å². The molecule has 0 aromatic heterocycles. The van der Waals surface area contributed by atoms with Crippen molar-refractivity contribution >= 4 is 17.2 Å². The number of rotatable bonds is 8. The molecule has 1 aliphatic carbocycles. The summed E-state index contributed by atoms with van der Waals surface area (Å²) >= 11 is 4.92. The van der Waals surface area contributed by atoms with Crippen LogP contribution in [0.3, 0.4) is 0 Å². The molecule has 1 aliphatic rings. The highest BCUT2D eigenvalue weighted by Crippen LogP contribution is 2.26. The Morgan fingerprint density at radius 2 is 2.00 bits per heavy atom. The van der Waals surface area contributed by atoms with Gasteiger partial charge in [0.15, 0.2) is 0 Å². The molecule has 4 heteroatoms. The Morgan fingerprint density at radius 3 is 2.53 bits per heavy atom. The zero-order chi connectivity index (χ0) is 13.7. The SMILES string of the molecule is CCCN(CCOc1ccc(C(N)=S)cc1)C1CC1. The molecule has 1 aromatic rings.